The van der Waals surface area contributed by atoms with E-state index in [0.29, 0.717) is 28.3 Å². The van der Waals surface area contributed by atoms with Crippen LogP contribution in [-0.4, -0.2) is 11.0 Å². The third-order valence-electron chi connectivity index (χ3n) is 3.89. The average molecular weight is 272 g/mol. The first-order valence-corrected chi connectivity index (χ1v) is 6.44. The van der Waals surface area contributed by atoms with E-state index in [1.54, 1.807) is 30.3 Å². The van der Waals surface area contributed by atoms with Crippen molar-refractivity contribution < 1.29 is 9.90 Å². The topological polar surface area (TPSA) is 40.5 Å². The summed E-state index contributed by atoms with van der Waals surface area (Å²) in [5.74, 6) is -0.167. The Balaban J connectivity index is 1.99. The molecule has 1 N–H and O–H groups in total. The van der Waals surface area contributed by atoms with Gasteiger partial charge in [-0.3, -0.25) is 9.69 Å². The van der Waals surface area contributed by atoms with Crippen LogP contribution in [0.4, 0.5) is 5.69 Å². The zero-order valence-corrected chi connectivity index (χ0v) is 10.7. The quantitative estimate of drug-likeness (QED) is 0.800. The predicted octanol–water partition coefficient (Wildman–Crippen LogP) is 2.70. The molecule has 2 aliphatic heterocycles. The lowest BCUT2D eigenvalue weighted by molar-refractivity contribution is 0.0476. The Morgan fingerprint density at radius 3 is 2.84 bits per heavy atom. The standard InChI is InChI=1S/C15H10ClNO2/c16-10-6-5-9-8-15(19)12-4-2-1-3-11(12)14(18)17(15)13(9)7-10/h1-7,19H,8H2/t15-/m0/s1. The Bertz CT molecular complexity index is 728. The van der Waals surface area contributed by atoms with Crippen molar-refractivity contribution in [2.24, 2.45) is 0 Å². The van der Waals surface area contributed by atoms with Gasteiger partial charge in [0, 0.05) is 22.6 Å². The molecule has 2 aromatic rings. The summed E-state index contributed by atoms with van der Waals surface area (Å²) in [6.07, 6.45) is 0.405. The van der Waals surface area contributed by atoms with E-state index in [4.69, 9.17) is 11.6 Å². The summed E-state index contributed by atoms with van der Waals surface area (Å²) in [4.78, 5) is 13.9. The number of rotatable bonds is 0. The molecule has 0 unspecified atom stereocenters. The number of carbonyl (C=O) groups is 1. The molecule has 1 atom stereocenters. The Morgan fingerprint density at radius 2 is 2.00 bits per heavy atom. The number of amides is 1. The van der Waals surface area contributed by atoms with Crippen molar-refractivity contribution in [3.05, 3.63) is 64.2 Å². The lowest BCUT2D eigenvalue weighted by atomic mass is 9.97. The average Bonchev–Trinajstić information content (AvgIpc) is 2.81. The highest BCUT2D eigenvalue weighted by atomic mass is 35.5. The number of fused-ring (bicyclic) bond motifs is 5. The number of hydrogen-bond acceptors (Lipinski definition) is 2. The number of benzene rings is 2. The van der Waals surface area contributed by atoms with Crippen molar-refractivity contribution >= 4 is 23.2 Å². The lowest BCUT2D eigenvalue weighted by Gasteiger charge is -2.27. The van der Waals surface area contributed by atoms with Crippen molar-refractivity contribution in [2.45, 2.75) is 12.1 Å². The van der Waals surface area contributed by atoms with E-state index in [-0.39, 0.29) is 5.91 Å². The van der Waals surface area contributed by atoms with Gasteiger partial charge in [-0.25, -0.2) is 0 Å². The second kappa shape index (κ2) is 3.38. The maximum atomic E-state index is 12.5. The summed E-state index contributed by atoms with van der Waals surface area (Å²) in [5, 5.41) is 11.5. The Morgan fingerprint density at radius 1 is 1.21 bits per heavy atom. The van der Waals surface area contributed by atoms with Gasteiger partial charge < -0.3 is 5.11 Å². The first-order chi connectivity index (χ1) is 9.11. The molecule has 0 bridgehead atoms. The highest BCUT2D eigenvalue weighted by molar-refractivity contribution is 6.31. The fraction of sp³-hybridized carbons (Fsp3) is 0.133. The van der Waals surface area contributed by atoms with Gasteiger partial charge in [-0.05, 0) is 23.8 Å². The van der Waals surface area contributed by atoms with Crippen molar-refractivity contribution in [2.75, 3.05) is 4.90 Å². The third-order valence-corrected chi connectivity index (χ3v) is 4.12. The van der Waals surface area contributed by atoms with Crippen molar-refractivity contribution in [1.29, 1.82) is 0 Å². The van der Waals surface area contributed by atoms with Gasteiger partial charge in [0.2, 0.25) is 0 Å². The molecule has 0 saturated carbocycles. The molecule has 4 heteroatoms. The van der Waals surface area contributed by atoms with Gasteiger partial charge in [-0.15, -0.1) is 0 Å². The monoisotopic (exact) mass is 271 g/mol. The first kappa shape index (κ1) is 11.0. The van der Waals surface area contributed by atoms with Gasteiger partial charge in [0.25, 0.3) is 5.91 Å². The fourth-order valence-electron chi connectivity index (χ4n) is 3.07. The minimum Gasteiger partial charge on any atom is -0.366 e. The Kier molecular flexibility index (Phi) is 1.96. The number of aliphatic hydroxyl groups is 1. The first-order valence-electron chi connectivity index (χ1n) is 6.06. The van der Waals surface area contributed by atoms with Crippen LogP contribution in [0.2, 0.25) is 5.02 Å². The van der Waals surface area contributed by atoms with Crippen LogP contribution in [-0.2, 0) is 12.1 Å². The molecule has 4 rings (SSSR count). The van der Waals surface area contributed by atoms with Crippen molar-refractivity contribution in [3.8, 4) is 0 Å². The molecule has 0 radical (unpaired) electrons. The summed E-state index contributed by atoms with van der Waals surface area (Å²) in [6.45, 7) is 0. The van der Waals surface area contributed by atoms with Gasteiger partial charge in [0.1, 0.15) is 0 Å². The smallest absolute Gasteiger partial charge is 0.261 e. The second-order valence-corrected chi connectivity index (χ2v) is 5.39. The molecule has 0 saturated heterocycles. The molecular weight excluding hydrogens is 262 g/mol. The summed E-state index contributed by atoms with van der Waals surface area (Å²) >= 11 is 6.00. The zero-order chi connectivity index (χ0) is 13.2. The minimum absolute atomic E-state index is 0.167. The van der Waals surface area contributed by atoms with Crippen molar-refractivity contribution in [3.63, 3.8) is 0 Å². The van der Waals surface area contributed by atoms with Crippen LogP contribution in [0.15, 0.2) is 42.5 Å². The molecule has 0 aliphatic carbocycles. The summed E-state index contributed by atoms with van der Waals surface area (Å²) < 4.78 is 0. The largest absolute Gasteiger partial charge is 0.366 e. The molecule has 1 amide bonds. The molecule has 0 aromatic heterocycles. The zero-order valence-electron chi connectivity index (χ0n) is 9.93. The van der Waals surface area contributed by atoms with Gasteiger partial charge >= 0.3 is 0 Å². The number of nitrogens with zero attached hydrogens (tertiary/aromatic N) is 1. The minimum atomic E-state index is -1.26. The van der Waals surface area contributed by atoms with Gasteiger partial charge in [-0.2, -0.15) is 0 Å². The molecule has 2 aromatic carbocycles. The Hall–Kier alpha value is -1.84. The molecule has 3 nitrogen and oxygen atoms in total. The van der Waals surface area contributed by atoms with E-state index in [9.17, 15) is 9.90 Å². The van der Waals surface area contributed by atoms with E-state index in [0.717, 1.165) is 5.56 Å². The second-order valence-electron chi connectivity index (χ2n) is 4.95. The van der Waals surface area contributed by atoms with E-state index in [2.05, 4.69) is 0 Å². The number of hydrogen-bond donors (Lipinski definition) is 1. The van der Waals surface area contributed by atoms with Crippen LogP contribution >= 0.6 is 11.6 Å². The molecule has 0 spiro atoms. The van der Waals surface area contributed by atoms with Crippen LogP contribution < -0.4 is 4.90 Å². The highest BCUT2D eigenvalue weighted by Crippen LogP contribution is 2.49. The summed E-state index contributed by atoms with van der Waals surface area (Å²) in [7, 11) is 0. The molecule has 2 heterocycles. The number of anilines is 1. The maximum Gasteiger partial charge on any atom is 0.261 e. The SMILES string of the molecule is O=C1c2ccccc2[C@@]2(O)Cc3ccc(Cl)cc3N12. The van der Waals surface area contributed by atoms with Gasteiger partial charge in [0.05, 0.1) is 5.69 Å². The summed E-state index contributed by atoms with van der Waals surface area (Å²) in [5.41, 5.74) is 1.62. The van der Waals surface area contributed by atoms with Crippen LogP contribution in [0.25, 0.3) is 0 Å². The molecule has 0 fully saturated rings. The van der Waals surface area contributed by atoms with E-state index in [1.165, 1.54) is 4.90 Å². The van der Waals surface area contributed by atoms with E-state index in [1.807, 2.05) is 12.1 Å². The number of halogens is 1. The van der Waals surface area contributed by atoms with Crippen molar-refractivity contribution in [1.82, 2.24) is 0 Å². The van der Waals surface area contributed by atoms with Crippen LogP contribution in [0.3, 0.4) is 0 Å². The van der Waals surface area contributed by atoms with E-state index < -0.39 is 5.72 Å². The predicted molar refractivity (Wildman–Crippen MR) is 72.3 cm³/mol. The van der Waals surface area contributed by atoms with E-state index >= 15 is 0 Å². The Labute approximate surface area is 115 Å². The third kappa shape index (κ3) is 1.24. The summed E-state index contributed by atoms with van der Waals surface area (Å²) in [6, 6.07) is 12.6. The highest BCUT2D eigenvalue weighted by Gasteiger charge is 2.53. The lowest BCUT2D eigenvalue weighted by Crippen LogP contribution is -2.41. The molecule has 19 heavy (non-hydrogen) atoms. The molecule has 94 valence electrons. The maximum absolute atomic E-state index is 12.5. The van der Waals surface area contributed by atoms with Crippen LogP contribution in [0.5, 0.6) is 0 Å². The fourth-order valence-corrected chi connectivity index (χ4v) is 3.24. The van der Waals surface area contributed by atoms with Crippen LogP contribution in [0, 0.1) is 0 Å². The molecular formula is C15H10ClNO2. The molecule has 2 aliphatic rings. The number of carbonyl (C=O) groups excluding carboxylic acids is 1. The van der Waals surface area contributed by atoms with Gasteiger partial charge in [0.15, 0.2) is 5.72 Å². The van der Waals surface area contributed by atoms with Crippen LogP contribution in [0.1, 0.15) is 21.5 Å². The van der Waals surface area contributed by atoms with Gasteiger partial charge in [-0.1, -0.05) is 35.9 Å². The normalized spacial score (nSPS) is 23.3.